The van der Waals surface area contributed by atoms with Crippen LogP contribution in [0.25, 0.3) is 0 Å². The summed E-state index contributed by atoms with van der Waals surface area (Å²) in [6.45, 7) is 3.92. The number of amides is 1. The molecule has 0 saturated heterocycles. The summed E-state index contributed by atoms with van der Waals surface area (Å²) in [4.78, 5) is 22.3. The smallest absolute Gasteiger partial charge is 0.321 e. The number of carboxylic acid groups (broad SMARTS) is 1. The zero-order chi connectivity index (χ0) is 15.1. The SMILES string of the molecule is Cc1ccccc1C(C)NC(=O)CSCC(N)C(=O)O. The number of aryl methyl sites for hydroxylation is 1. The Bertz CT molecular complexity index is 479. The Balaban J connectivity index is 2.39. The Morgan fingerprint density at radius 1 is 1.40 bits per heavy atom. The number of rotatable bonds is 7. The fraction of sp³-hybridized carbons (Fsp3) is 0.429. The van der Waals surface area contributed by atoms with E-state index in [9.17, 15) is 9.59 Å². The van der Waals surface area contributed by atoms with E-state index in [1.54, 1.807) is 0 Å². The van der Waals surface area contributed by atoms with E-state index >= 15 is 0 Å². The van der Waals surface area contributed by atoms with Crippen LogP contribution in [-0.4, -0.2) is 34.5 Å². The number of aliphatic carboxylic acids is 1. The molecule has 2 atom stereocenters. The third-order valence-electron chi connectivity index (χ3n) is 2.88. The molecule has 0 aliphatic carbocycles. The zero-order valence-corrected chi connectivity index (χ0v) is 12.4. The van der Waals surface area contributed by atoms with E-state index in [4.69, 9.17) is 10.8 Å². The number of carbonyl (C=O) groups is 2. The van der Waals surface area contributed by atoms with Crippen LogP contribution in [0.5, 0.6) is 0 Å². The minimum absolute atomic E-state index is 0.0718. The molecule has 0 radical (unpaired) electrons. The van der Waals surface area contributed by atoms with Crippen molar-refractivity contribution in [1.82, 2.24) is 5.32 Å². The van der Waals surface area contributed by atoms with Crippen LogP contribution >= 0.6 is 11.8 Å². The lowest BCUT2D eigenvalue weighted by molar-refractivity contribution is -0.138. The van der Waals surface area contributed by atoms with Crippen LogP contribution in [-0.2, 0) is 9.59 Å². The first-order valence-electron chi connectivity index (χ1n) is 6.33. The molecular weight excluding hydrogens is 276 g/mol. The van der Waals surface area contributed by atoms with Crippen molar-refractivity contribution in [1.29, 1.82) is 0 Å². The number of hydrogen-bond acceptors (Lipinski definition) is 4. The molecule has 1 rings (SSSR count). The molecule has 0 heterocycles. The van der Waals surface area contributed by atoms with Gasteiger partial charge in [-0.15, -0.1) is 11.8 Å². The predicted octanol–water partition coefficient (Wildman–Crippen LogP) is 1.32. The Hall–Kier alpha value is -1.53. The molecule has 0 aromatic heterocycles. The van der Waals surface area contributed by atoms with Gasteiger partial charge >= 0.3 is 5.97 Å². The maximum Gasteiger partial charge on any atom is 0.321 e. The number of carbonyl (C=O) groups excluding carboxylic acids is 1. The molecule has 0 spiro atoms. The lowest BCUT2D eigenvalue weighted by Gasteiger charge is -2.16. The largest absolute Gasteiger partial charge is 0.480 e. The third kappa shape index (κ3) is 5.22. The van der Waals surface area contributed by atoms with Crippen molar-refractivity contribution in [2.24, 2.45) is 5.73 Å². The van der Waals surface area contributed by atoms with E-state index < -0.39 is 12.0 Å². The maximum absolute atomic E-state index is 11.8. The highest BCUT2D eigenvalue weighted by atomic mass is 32.2. The minimum Gasteiger partial charge on any atom is -0.480 e. The van der Waals surface area contributed by atoms with E-state index in [1.165, 1.54) is 11.8 Å². The highest BCUT2D eigenvalue weighted by Gasteiger charge is 2.14. The van der Waals surface area contributed by atoms with Crippen LogP contribution in [0.2, 0.25) is 0 Å². The van der Waals surface area contributed by atoms with Gasteiger partial charge in [-0.1, -0.05) is 24.3 Å². The molecule has 0 aliphatic heterocycles. The second-order valence-corrected chi connectivity index (χ2v) is 5.64. The fourth-order valence-corrected chi connectivity index (χ4v) is 2.57. The van der Waals surface area contributed by atoms with Gasteiger partial charge in [-0.25, -0.2) is 0 Å². The van der Waals surface area contributed by atoms with Crippen molar-refractivity contribution in [3.63, 3.8) is 0 Å². The predicted molar refractivity (Wildman–Crippen MR) is 80.7 cm³/mol. The number of benzene rings is 1. The summed E-state index contributed by atoms with van der Waals surface area (Å²) >= 11 is 1.22. The normalized spacial score (nSPS) is 13.6. The van der Waals surface area contributed by atoms with Gasteiger partial charge in [0, 0.05) is 5.75 Å². The number of nitrogens with one attached hydrogen (secondary N) is 1. The fourth-order valence-electron chi connectivity index (χ4n) is 1.78. The van der Waals surface area contributed by atoms with Crippen molar-refractivity contribution in [2.75, 3.05) is 11.5 Å². The first-order chi connectivity index (χ1) is 9.41. The Morgan fingerprint density at radius 2 is 2.05 bits per heavy atom. The summed E-state index contributed by atoms with van der Waals surface area (Å²) in [5.41, 5.74) is 7.57. The molecule has 0 bridgehead atoms. The van der Waals surface area contributed by atoms with Gasteiger partial charge in [-0.05, 0) is 25.0 Å². The average Bonchev–Trinajstić information content (AvgIpc) is 2.38. The Kier molecular flexibility index (Phi) is 6.54. The van der Waals surface area contributed by atoms with Crippen molar-refractivity contribution >= 4 is 23.6 Å². The van der Waals surface area contributed by atoms with Gasteiger partial charge in [0.2, 0.25) is 5.91 Å². The van der Waals surface area contributed by atoms with E-state index in [2.05, 4.69) is 5.32 Å². The quantitative estimate of drug-likeness (QED) is 0.705. The molecule has 1 amide bonds. The minimum atomic E-state index is -1.05. The molecule has 110 valence electrons. The van der Waals surface area contributed by atoms with E-state index in [-0.39, 0.29) is 23.5 Å². The lowest BCUT2D eigenvalue weighted by Crippen LogP contribution is -2.34. The number of carboxylic acids is 1. The third-order valence-corrected chi connectivity index (χ3v) is 3.94. The molecule has 20 heavy (non-hydrogen) atoms. The first-order valence-corrected chi connectivity index (χ1v) is 7.48. The summed E-state index contributed by atoms with van der Waals surface area (Å²) < 4.78 is 0. The monoisotopic (exact) mass is 296 g/mol. The van der Waals surface area contributed by atoms with Crippen LogP contribution in [0, 0.1) is 6.92 Å². The van der Waals surface area contributed by atoms with Crippen LogP contribution < -0.4 is 11.1 Å². The van der Waals surface area contributed by atoms with Gasteiger partial charge in [0.15, 0.2) is 0 Å². The topological polar surface area (TPSA) is 92.4 Å². The molecule has 0 fully saturated rings. The number of nitrogens with two attached hydrogens (primary N) is 1. The molecule has 4 N–H and O–H groups in total. The summed E-state index contributed by atoms with van der Waals surface area (Å²) in [5.74, 6) is -0.742. The van der Waals surface area contributed by atoms with Crippen molar-refractivity contribution in [3.8, 4) is 0 Å². The summed E-state index contributed by atoms with van der Waals surface area (Å²) in [5, 5.41) is 11.5. The van der Waals surface area contributed by atoms with Crippen LogP contribution in [0.1, 0.15) is 24.1 Å². The second kappa shape index (κ2) is 7.91. The highest BCUT2D eigenvalue weighted by molar-refractivity contribution is 8.00. The van der Waals surface area contributed by atoms with Crippen molar-refractivity contribution in [2.45, 2.75) is 25.9 Å². The molecule has 5 nitrogen and oxygen atoms in total. The average molecular weight is 296 g/mol. The highest BCUT2D eigenvalue weighted by Crippen LogP contribution is 2.16. The summed E-state index contributed by atoms with van der Waals surface area (Å²) in [6.07, 6.45) is 0. The van der Waals surface area contributed by atoms with Crippen LogP contribution in [0.4, 0.5) is 0 Å². The van der Waals surface area contributed by atoms with Gasteiger partial charge in [0.05, 0.1) is 11.8 Å². The molecule has 2 unspecified atom stereocenters. The molecule has 0 saturated carbocycles. The van der Waals surface area contributed by atoms with E-state index in [1.807, 2.05) is 38.1 Å². The standard InChI is InChI=1S/C14H20N2O3S/c1-9-5-3-4-6-11(9)10(2)16-13(17)8-20-7-12(15)14(18)19/h3-6,10,12H,7-8,15H2,1-2H3,(H,16,17)(H,18,19). The van der Waals surface area contributed by atoms with Gasteiger partial charge in [0.1, 0.15) is 6.04 Å². The first kappa shape index (κ1) is 16.5. The maximum atomic E-state index is 11.8. The Labute approximate surface area is 122 Å². The zero-order valence-electron chi connectivity index (χ0n) is 11.6. The van der Waals surface area contributed by atoms with Gasteiger partial charge in [0.25, 0.3) is 0 Å². The Morgan fingerprint density at radius 3 is 2.65 bits per heavy atom. The summed E-state index contributed by atoms with van der Waals surface area (Å²) in [6, 6.07) is 6.87. The van der Waals surface area contributed by atoms with E-state index in [0.717, 1.165) is 11.1 Å². The van der Waals surface area contributed by atoms with Gasteiger partial charge in [-0.3, -0.25) is 9.59 Å². The second-order valence-electron chi connectivity index (χ2n) is 4.61. The lowest BCUT2D eigenvalue weighted by atomic mass is 10.0. The van der Waals surface area contributed by atoms with Gasteiger partial charge in [-0.2, -0.15) is 0 Å². The van der Waals surface area contributed by atoms with E-state index in [0.29, 0.717) is 0 Å². The van der Waals surface area contributed by atoms with Crippen LogP contribution in [0.15, 0.2) is 24.3 Å². The van der Waals surface area contributed by atoms with Crippen molar-refractivity contribution < 1.29 is 14.7 Å². The molecule has 1 aromatic rings. The number of thioether (sulfide) groups is 1. The molecule has 0 aliphatic rings. The van der Waals surface area contributed by atoms with Crippen LogP contribution in [0.3, 0.4) is 0 Å². The summed E-state index contributed by atoms with van der Waals surface area (Å²) in [7, 11) is 0. The molecular formula is C14H20N2O3S. The molecule has 6 heteroatoms. The number of hydrogen-bond donors (Lipinski definition) is 3. The van der Waals surface area contributed by atoms with Crippen molar-refractivity contribution in [3.05, 3.63) is 35.4 Å². The molecule has 1 aromatic carbocycles. The van der Waals surface area contributed by atoms with Gasteiger partial charge < -0.3 is 16.2 Å².